The van der Waals surface area contributed by atoms with Gasteiger partial charge in [0, 0.05) is 42.3 Å². The van der Waals surface area contributed by atoms with Crippen molar-refractivity contribution in [2.75, 3.05) is 32.8 Å². The Morgan fingerprint density at radius 1 is 1.07 bits per heavy atom. The van der Waals surface area contributed by atoms with E-state index in [0.29, 0.717) is 41.8 Å². The molecular weight excluding hydrogens is 419 g/mol. The Morgan fingerprint density at radius 3 is 2.45 bits per heavy atom. The van der Waals surface area contributed by atoms with E-state index in [-0.39, 0.29) is 24.2 Å². The highest BCUT2D eigenvalue weighted by Crippen LogP contribution is 2.22. The van der Waals surface area contributed by atoms with Gasteiger partial charge in [0.2, 0.25) is 0 Å². The Hall–Kier alpha value is -2.77. The molecule has 7 nitrogen and oxygen atoms in total. The standard InChI is InChI=1S/C20H18Cl2N2O5/c21-15-5-3-14(16(22)12-15)4-6-19(26)29-13-18(25)23-7-9-24(10-8-23)20(27)17-2-1-11-28-17/h1-6,11-12H,7-10,13H2/b6-4+. The second-order valence-corrected chi connectivity index (χ2v) is 7.10. The van der Waals surface area contributed by atoms with Crippen LogP contribution in [-0.4, -0.2) is 60.4 Å². The molecule has 0 saturated carbocycles. The van der Waals surface area contributed by atoms with Gasteiger partial charge in [-0.15, -0.1) is 0 Å². The topological polar surface area (TPSA) is 80.1 Å². The van der Waals surface area contributed by atoms with E-state index in [2.05, 4.69) is 0 Å². The van der Waals surface area contributed by atoms with Gasteiger partial charge >= 0.3 is 5.97 Å². The number of piperazine rings is 1. The molecule has 1 aromatic carbocycles. The van der Waals surface area contributed by atoms with Crippen molar-refractivity contribution in [3.8, 4) is 0 Å². The zero-order chi connectivity index (χ0) is 20.8. The second kappa shape index (κ2) is 9.62. The van der Waals surface area contributed by atoms with Gasteiger partial charge in [-0.3, -0.25) is 9.59 Å². The first-order valence-electron chi connectivity index (χ1n) is 8.84. The van der Waals surface area contributed by atoms with Crippen molar-refractivity contribution in [1.82, 2.24) is 9.80 Å². The fraction of sp³-hybridized carbons (Fsp3) is 0.250. The van der Waals surface area contributed by atoms with Crippen molar-refractivity contribution in [3.63, 3.8) is 0 Å². The number of amides is 2. The maximum absolute atomic E-state index is 12.2. The first kappa shape index (κ1) is 21.0. The number of halogens is 2. The van der Waals surface area contributed by atoms with Crippen LogP contribution in [-0.2, 0) is 14.3 Å². The van der Waals surface area contributed by atoms with Crippen LogP contribution < -0.4 is 0 Å². The molecule has 0 unspecified atom stereocenters. The maximum Gasteiger partial charge on any atom is 0.331 e. The van der Waals surface area contributed by atoms with Gasteiger partial charge in [-0.2, -0.15) is 0 Å². The number of esters is 1. The Bertz CT molecular complexity index is 919. The minimum Gasteiger partial charge on any atom is -0.459 e. The van der Waals surface area contributed by atoms with Gasteiger partial charge in [-0.05, 0) is 35.9 Å². The molecule has 1 saturated heterocycles. The normalized spacial score (nSPS) is 14.3. The summed E-state index contributed by atoms with van der Waals surface area (Å²) < 4.78 is 10.1. The largest absolute Gasteiger partial charge is 0.459 e. The van der Waals surface area contributed by atoms with Crippen LogP contribution in [0.15, 0.2) is 47.1 Å². The van der Waals surface area contributed by atoms with Crippen LogP contribution in [0.1, 0.15) is 16.1 Å². The summed E-state index contributed by atoms with van der Waals surface area (Å²) in [5, 5.41) is 0.894. The second-order valence-electron chi connectivity index (χ2n) is 6.26. The maximum atomic E-state index is 12.2. The number of hydrogen-bond donors (Lipinski definition) is 0. The first-order chi connectivity index (χ1) is 13.9. The molecule has 1 aromatic heterocycles. The summed E-state index contributed by atoms with van der Waals surface area (Å²) in [6.07, 6.45) is 4.13. The van der Waals surface area contributed by atoms with Crippen molar-refractivity contribution < 1.29 is 23.5 Å². The van der Waals surface area contributed by atoms with Crippen LogP contribution >= 0.6 is 23.2 Å². The number of benzene rings is 1. The van der Waals surface area contributed by atoms with Gasteiger partial charge < -0.3 is 19.0 Å². The van der Waals surface area contributed by atoms with Crippen molar-refractivity contribution in [2.45, 2.75) is 0 Å². The minimum absolute atomic E-state index is 0.209. The number of rotatable bonds is 5. The molecule has 9 heteroatoms. The van der Waals surface area contributed by atoms with Gasteiger partial charge in [0.25, 0.3) is 11.8 Å². The lowest BCUT2D eigenvalue weighted by Gasteiger charge is -2.34. The van der Waals surface area contributed by atoms with E-state index in [1.807, 2.05) is 0 Å². The van der Waals surface area contributed by atoms with E-state index >= 15 is 0 Å². The fourth-order valence-electron chi connectivity index (χ4n) is 2.78. The molecule has 0 atom stereocenters. The number of ether oxygens (including phenoxy) is 1. The van der Waals surface area contributed by atoms with Crippen molar-refractivity contribution in [3.05, 3.63) is 64.0 Å². The summed E-state index contributed by atoms with van der Waals surface area (Å²) in [5.74, 6) is -0.914. The SMILES string of the molecule is O=C(/C=C/c1ccc(Cl)cc1Cl)OCC(=O)N1CCN(C(=O)c2ccco2)CC1. The highest BCUT2D eigenvalue weighted by atomic mass is 35.5. The average molecular weight is 437 g/mol. The summed E-state index contributed by atoms with van der Waals surface area (Å²) in [6.45, 7) is 1.12. The lowest BCUT2D eigenvalue weighted by Crippen LogP contribution is -2.51. The van der Waals surface area contributed by atoms with Gasteiger partial charge in [-0.25, -0.2) is 4.79 Å². The molecular formula is C20H18Cl2N2O5. The predicted molar refractivity (Wildman–Crippen MR) is 108 cm³/mol. The average Bonchev–Trinajstić information content (AvgIpc) is 3.26. The molecule has 0 radical (unpaired) electrons. The molecule has 1 aliphatic heterocycles. The number of carbonyl (C=O) groups excluding carboxylic acids is 3. The van der Waals surface area contributed by atoms with Crippen LogP contribution in [0.4, 0.5) is 0 Å². The van der Waals surface area contributed by atoms with Crippen molar-refractivity contribution >= 4 is 47.1 Å². The Labute approximate surface area is 177 Å². The third-order valence-corrected chi connectivity index (χ3v) is 4.91. The van der Waals surface area contributed by atoms with Crippen LogP contribution in [0, 0.1) is 0 Å². The third kappa shape index (κ3) is 5.62. The molecule has 152 valence electrons. The molecule has 1 aliphatic rings. The van der Waals surface area contributed by atoms with E-state index in [0.717, 1.165) is 0 Å². The van der Waals surface area contributed by atoms with Crippen LogP contribution in [0.5, 0.6) is 0 Å². The summed E-state index contributed by atoms with van der Waals surface area (Å²) in [7, 11) is 0. The number of hydrogen-bond acceptors (Lipinski definition) is 5. The van der Waals surface area contributed by atoms with E-state index in [4.69, 9.17) is 32.4 Å². The quantitative estimate of drug-likeness (QED) is 0.531. The molecule has 2 aromatic rings. The molecule has 0 bridgehead atoms. The fourth-order valence-corrected chi connectivity index (χ4v) is 3.25. The lowest BCUT2D eigenvalue weighted by molar-refractivity contribution is -0.148. The minimum atomic E-state index is -0.656. The van der Waals surface area contributed by atoms with Crippen molar-refractivity contribution in [2.24, 2.45) is 0 Å². The molecule has 2 amide bonds. The smallest absolute Gasteiger partial charge is 0.331 e. The molecule has 0 spiro atoms. The van der Waals surface area contributed by atoms with E-state index in [9.17, 15) is 14.4 Å². The number of furan rings is 1. The molecule has 1 fully saturated rings. The van der Waals surface area contributed by atoms with Crippen LogP contribution in [0.25, 0.3) is 6.08 Å². The monoisotopic (exact) mass is 436 g/mol. The van der Waals surface area contributed by atoms with Gasteiger partial charge in [0.1, 0.15) is 0 Å². The predicted octanol–water partition coefficient (Wildman–Crippen LogP) is 3.13. The Balaban J connectivity index is 1.43. The van der Waals surface area contributed by atoms with Crippen LogP contribution in [0.2, 0.25) is 10.0 Å². The van der Waals surface area contributed by atoms with E-state index in [1.165, 1.54) is 18.4 Å². The summed E-state index contributed by atoms with van der Waals surface area (Å²) in [5.41, 5.74) is 0.608. The molecule has 0 aliphatic carbocycles. The molecule has 2 heterocycles. The van der Waals surface area contributed by atoms with Gasteiger partial charge in [0.05, 0.1) is 6.26 Å². The third-order valence-electron chi connectivity index (χ3n) is 4.35. The zero-order valence-electron chi connectivity index (χ0n) is 15.3. The molecule has 29 heavy (non-hydrogen) atoms. The molecule has 0 N–H and O–H groups in total. The Kier molecular flexibility index (Phi) is 6.95. The highest BCUT2D eigenvalue weighted by Gasteiger charge is 2.26. The lowest BCUT2D eigenvalue weighted by atomic mass is 10.2. The molecule has 3 rings (SSSR count). The van der Waals surface area contributed by atoms with Crippen molar-refractivity contribution in [1.29, 1.82) is 0 Å². The summed E-state index contributed by atoms with van der Waals surface area (Å²) in [4.78, 5) is 39.5. The van der Waals surface area contributed by atoms with Crippen LogP contribution in [0.3, 0.4) is 0 Å². The summed E-state index contributed by atoms with van der Waals surface area (Å²) in [6, 6.07) is 8.13. The number of carbonyl (C=O) groups is 3. The summed E-state index contributed by atoms with van der Waals surface area (Å²) >= 11 is 11.8. The number of nitrogens with zero attached hydrogens (tertiary/aromatic N) is 2. The zero-order valence-corrected chi connectivity index (χ0v) is 16.9. The first-order valence-corrected chi connectivity index (χ1v) is 9.60. The highest BCUT2D eigenvalue weighted by molar-refractivity contribution is 6.35. The van der Waals surface area contributed by atoms with E-state index in [1.54, 1.807) is 40.1 Å². The Morgan fingerprint density at radius 2 is 1.79 bits per heavy atom. The van der Waals surface area contributed by atoms with Gasteiger partial charge in [-0.1, -0.05) is 29.3 Å². The van der Waals surface area contributed by atoms with Gasteiger partial charge in [0.15, 0.2) is 12.4 Å². The van der Waals surface area contributed by atoms with E-state index < -0.39 is 5.97 Å².